The van der Waals surface area contributed by atoms with E-state index in [9.17, 15) is 22.0 Å². The van der Waals surface area contributed by atoms with Crippen LogP contribution in [-0.4, -0.2) is 50.6 Å². The first-order chi connectivity index (χ1) is 13.8. The van der Waals surface area contributed by atoms with Crippen molar-refractivity contribution >= 4 is 16.2 Å². The summed E-state index contributed by atoms with van der Waals surface area (Å²) in [6, 6.07) is 8.59. The molecule has 1 fully saturated rings. The zero-order valence-corrected chi connectivity index (χ0v) is 18.8. The maximum atomic E-state index is 14.6. The first-order valence-corrected chi connectivity index (χ1v) is 11.6. The summed E-state index contributed by atoms with van der Waals surface area (Å²) < 4.78 is 63.7. The fraction of sp³-hybridized carbons (Fsp3) is 0.667. The summed E-state index contributed by atoms with van der Waals surface area (Å²) in [6.07, 6.45) is -0.433. The summed E-state index contributed by atoms with van der Waals surface area (Å²) in [6.45, 7) is 6.17. The van der Waals surface area contributed by atoms with Gasteiger partial charge in [0, 0.05) is 24.9 Å². The van der Waals surface area contributed by atoms with Crippen LogP contribution in [0.25, 0.3) is 0 Å². The molecule has 0 aliphatic carbocycles. The van der Waals surface area contributed by atoms with E-state index in [4.69, 9.17) is 8.92 Å². The SMILES string of the molecule is C[C@H]1CN(C(=O)OC(C)(C)C)C[C@@H](CCCOS(=O)(=O)Cc2ccccc2)C1(F)F. The van der Waals surface area contributed by atoms with Crippen LogP contribution in [-0.2, 0) is 24.8 Å². The molecule has 0 N–H and O–H groups in total. The standard InChI is InChI=1S/C21H31F2NO5S/c1-16-13-24(19(25)29-20(2,3)4)14-18(21(16,22)23)11-8-12-28-30(26,27)15-17-9-6-5-7-10-17/h5-7,9-10,16,18H,8,11-15H2,1-4H3/t16-,18+/m0/s1. The topological polar surface area (TPSA) is 72.9 Å². The normalized spacial score (nSPS) is 22.0. The number of hydrogen-bond acceptors (Lipinski definition) is 5. The highest BCUT2D eigenvalue weighted by atomic mass is 32.2. The second kappa shape index (κ2) is 9.60. The molecule has 6 nitrogen and oxygen atoms in total. The van der Waals surface area contributed by atoms with E-state index in [1.807, 2.05) is 0 Å². The lowest BCUT2D eigenvalue weighted by atomic mass is 9.83. The molecule has 1 aromatic carbocycles. The Morgan fingerprint density at radius 1 is 1.20 bits per heavy atom. The molecule has 1 aromatic rings. The minimum Gasteiger partial charge on any atom is -0.444 e. The Hall–Kier alpha value is -1.74. The number of halogens is 2. The van der Waals surface area contributed by atoms with Crippen LogP contribution in [0.15, 0.2) is 30.3 Å². The van der Waals surface area contributed by atoms with Crippen molar-refractivity contribution in [1.29, 1.82) is 0 Å². The first kappa shape index (κ1) is 24.5. The predicted octanol–water partition coefficient (Wildman–Crippen LogP) is 4.45. The molecule has 1 amide bonds. The summed E-state index contributed by atoms with van der Waals surface area (Å²) in [5, 5.41) is 0. The van der Waals surface area contributed by atoms with Gasteiger partial charge in [0.25, 0.3) is 16.0 Å². The van der Waals surface area contributed by atoms with Gasteiger partial charge in [0.15, 0.2) is 0 Å². The third kappa shape index (κ3) is 7.19. The fourth-order valence-electron chi connectivity index (χ4n) is 3.41. The van der Waals surface area contributed by atoms with E-state index in [1.165, 1.54) is 11.8 Å². The van der Waals surface area contributed by atoms with Crippen molar-refractivity contribution in [3.8, 4) is 0 Å². The van der Waals surface area contributed by atoms with Gasteiger partial charge in [-0.1, -0.05) is 37.3 Å². The van der Waals surface area contributed by atoms with Crippen LogP contribution >= 0.6 is 0 Å². The van der Waals surface area contributed by atoms with Crippen LogP contribution in [0, 0.1) is 11.8 Å². The maximum absolute atomic E-state index is 14.6. The second-order valence-electron chi connectivity index (χ2n) is 8.81. The Bertz CT molecular complexity index is 808. The van der Waals surface area contributed by atoms with Gasteiger partial charge in [0.1, 0.15) is 11.4 Å². The van der Waals surface area contributed by atoms with E-state index in [0.29, 0.717) is 5.56 Å². The lowest BCUT2D eigenvalue weighted by Gasteiger charge is -2.42. The smallest absolute Gasteiger partial charge is 0.410 e. The lowest BCUT2D eigenvalue weighted by molar-refractivity contribution is -0.145. The van der Waals surface area contributed by atoms with Crippen LogP contribution in [0.4, 0.5) is 13.6 Å². The summed E-state index contributed by atoms with van der Waals surface area (Å²) in [5.41, 5.74) is -0.116. The second-order valence-corrected chi connectivity index (χ2v) is 10.4. The number of likely N-dealkylation sites (tertiary alicyclic amines) is 1. The summed E-state index contributed by atoms with van der Waals surface area (Å²) >= 11 is 0. The van der Waals surface area contributed by atoms with E-state index in [-0.39, 0.29) is 38.3 Å². The van der Waals surface area contributed by atoms with Gasteiger partial charge in [0.05, 0.1) is 6.61 Å². The number of piperidine rings is 1. The zero-order chi connectivity index (χ0) is 22.6. The number of carbonyl (C=O) groups is 1. The van der Waals surface area contributed by atoms with Crippen LogP contribution in [0.1, 0.15) is 46.1 Å². The molecule has 170 valence electrons. The molecule has 0 radical (unpaired) electrons. The first-order valence-electron chi connectivity index (χ1n) is 10.1. The summed E-state index contributed by atoms with van der Waals surface area (Å²) in [5.74, 6) is -5.33. The highest BCUT2D eigenvalue weighted by Crippen LogP contribution is 2.40. The van der Waals surface area contributed by atoms with Crippen molar-refractivity contribution in [3.05, 3.63) is 35.9 Å². The molecular weight excluding hydrogens is 416 g/mol. The molecule has 1 heterocycles. The molecule has 1 aliphatic heterocycles. The van der Waals surface area contributed by atoms with Gasteiger partial charge in [-0.25, -0.2) is 13.6 Å². The van der Waals surface area contributed by atoms with Crippen molar-refractivity contribution in [3.63, 3.8) is 0 Å². The molecule has 1 saturated heterocycles. The molecule has 2 rings (SSSR count). The number of hydrogen-bond donors (Lipinski definition) is 0. The monoisotopic (exact) mass is 447 g/mol. The number of nitrogens with zero attached hydrogens (tertiary/aromatic N) is 1. The minimum atomic E-state index is -3.79. The molecule has 0 spiro atoms. The van der Waals surface area contributed by atoms with Crippen molar-refractivity contribution < 1.29 is 30.9 Å². The van der Waals surface area contributed by atoms with Crippen LogP contribution < -0.4 is 0 Å². The van der Waals surface area contributed by atoms with E-state index in [0.717, 1.165) is 0 Å². The van der Waals surface area contributed by atoms with Crippen LogP contribution in [0.5, 0.6) is 0 Å². The average molecular weight is 448 g/mol. The third-order valence-electron chi connectivity index (χ3n) is 4.93. The number of rotatable bonds is 7. The minimum absolute atomic E-state index is 0.0392. The molecule has 9 heteroatoms. The third-order valence-corrected chi connectivity index (χ3v) is 6.15. The Morgan fingerprint density at radius 2 is 1.83 bits per heavy atom. The molecule has 1 aliphatic rings. The van der Waals surface area contributed by atoms with E-state index >= 15 is 0 Å². The summed E-state index contributed by atoms with van der Waals surface area (Å²) in [7, 11) is -3.79. The van der Waals surface area contributed by atoms with Crippen LogP contribution in [0.3, 0.4) is 0 Å². The number of carbonyl (C=O) groups excluding carboxylic acids is 1. The summed E-state index contributed by atoms with van der Waals surface area (Å²) in [4.78, 5) is 13.6. The lowest BCUT2D eigenvalue weighted by Crippen LogP contribution is -2.55. The highest BCUT2D eigenvalue weighted by molar-refractivity contribution is 7.85. The fourth-order valence-corrected chi connectivity index (χ4v) is 4.47. The molecule has 0 aromatic heterocycles. The Labute approximate surface area is 177 Å². The number of ether oxygens (including phenoxy) is 1. The Morgan fingerprint density at radius 3 is 2.43 bits per heavy atom. The predicted molar refractivity (Wildman–Crippen MR) is 110 cm³/mol. The number of benzene rings is 1. The van der Waals surface area contributed by atoms with Gasteiger partial charge in [0.2, 0.25) is 0 Å². The Balaban J connectivity index is 1.89. The van der Waals surface area contributed by atoms with E-state index < -0.39 is 39.6 Å². The number of amides is 1. The van der Waals surface area contributed by atoms with Crippen LogP contribution in [0.2, 0.25) is 0 Å². The maximum Gasteiger partial charge on any atom is 0.410 e. The molecular formula is C21H31F2NO5S. The quantitative estimate of drug-likeness (QED) is 0.456. The van der Waals surface area contributed by atoms with Gasteiger partial charge >= 0.3 is 6.09 Å². The van der Waals surface area contributed by atoms with E-state index in [2.05, 4.69) is 0 Å². The Kier molecular flexibility index (Phi) is 7.85. The highest BCUT2D eigenvalue weighted by Gasteiger charge is 2.50. The molecule has 0 bridgehead atoms. The molecule has 0 saturated carbocycles. The van der Waals surface area contributed by atoms with Gasteiger partial charge in [-0.15, -0.1) is 0 Å². The molecule has 0 unspecified atom stereocenters. The van der Waals surface area contributed by atoms with Gasteiger partial charge in [-0.2, -0.15) is 8.42 Å². The van der Waals surface area contributed by atoms with Crippen molar-refractivity contribution in [2.24, 2.45) is 11.8 Å². The van der Waals surface area contributed by atoms with E-state index in [1.54, 1.807) is 51.1 Å². The molecule has 30 heavy (non-hydrogen) atoms. The van der Waals surface area contributed by atoms with Gasteiger partial charge in [-0.3, -0.25) is 4.18 Å². The van der Waals surface area contributed by atoms with Crippen molar-refractivity contribution in [2.75, 3.05) is 19.7 Å². The van der Waals surface area contributed by atoms with Crippen molar-refractivity contribution in [1.82, 2.24) is 4.90 Å². The van der Waals surface area contributed by atoms with Gasteiger partial charge < -0.3 is 9.64 Å². The number of alkyl halides is 2. The largest absolute Gasteiger partial charge is 0.444 e. The zero-order valence-electron chi connectivity index (χ0n) is 17.9. The van der Waals surface area contributed by atoms with Crippen molar-refractivity contribution in [2.45, 2.75) is 57.8 Å². The van der Waals surface area contributed by atoms with Gasteiger partial charge in [-0.05, 0) is 39.2 Å². The molecule has 2 atom stereocenters. The average Bonchev–Trinajstić information content (AvgIpc) is 2.61.